The van der Waals surface area contributed by atoms with Crippen molar-refractivity contribution in [1.29, 1.82) is 0 Å². The molecule has 2 heterocycles. The second-order valence-corrected chi connectivity index (χ2v) is 11.4. The number of furan rings is 1. The number of aromatic nitrogens is 1. The Hall–Kier alpha value is -5.86. The summed E-state index contributed by atoms with van der Waals surface area (Å²) in [6.45, 7) is 0. The minimum Gasteiger partial charge on any atom is -0.456 e. The maximum Gasteiger partial charge on any atom is 0.136 e. The maximum atomic E-state index is 6.19. The average Bonchev–Trinajstić information content (AvgIpc) is 3.67. The van der Waals surface area contributed by atoms with Crippen molar-refractivity contribution >= 4 is 43.7 Å². The Morgan fingerprint density at radius 1 is 0.386 bits per heavy atom. The van der Waals surface area contributed by atoms with Crippen LogP contribution >= 0.6 is 0 Å². The largest absolute Gasteiger partial charge is 0.456 e. The van der Waals surface area contributed by atoms with E-state index >= 15 is 0 Å². The SMILES string of the molecule is [HH].c1ccc(-c2cc(-c3cccc(-c4cccc(-c5cccc6oc7ccccc7c56)c4)c3)c3[nH]c4ccccc4c3c2)cc1. The molecule has 9 aromatic rings. The van der Waals surface area contributed by atoms with Gasteiger partial charge in [-0.2, -0.15) is 0 Å². The van der Waals surface area contributed by atoms with Crippen LogP contribution in [0.5, 0.6) is 0 Å². The van der Waals surface area contributed by atoms with E-state index in [-0.39, 0.29) is 1.43 Å². The molecule has 0 saturated carbocycles. The Morgan fingerprint density at radius 3 is 1.82 bits per heavy atom. The predicted molar refractivity (Wildman–Crippen MR) is 187 cm³/mol. The van der Waals surface area contributed by atoms with Crippen LogP contribution < -0.4 is 0 Å². The first-order valence-corrected chi connectivity index (χ1v) is 15.0. The van der Waals surface area contributed by atoms with E-state index in [2.05, 4.69) is 151 Å². The Labute approximate surface area is 256 Å². The highest BCUT2D eigenvalue weighted by Crippen LogP contribution is 2.40. The average molecular weight is 564 g/mol. The molecule has 0 saturated heterocycles. The molecule has 0 unspecified atom stereocenters. The van der Waals surface area contributed by atoms with Crippen molar-refractivity contribution in [3.8, 4) is 44.5 Å². The van der Waals surface area contributed by atoms with E-state index in [9.17, 15) is 0 Å². The van der Waals surface area contributed by atoms with Gasteiger partial charge in [0.15, 0.2) is 0 Å². The van der Waals surface area contributed by atoms with Gasteiger partial charge in [-0.25, -0.2) is 0 Å². The number of aromatic amines is 1. The minimum absolute atomic E-state index is 0. The second-order valence-electron chi connectivity index (χ2n) is 11.4. The van der Waals surface area contributed by atoms with Gasteiger partial charge in [-0.3, -0.25) is 0 Å². The lowest BCUT2D eigenvalue weighted by Gasteiger charge is -2.12. The van der Waals surface area contributed by atoms with Crippen LogP contribution in [0.2, 0.25) is 0 Å². The van der Waals surface area contributed by atoms with Gasteiger partial charge in [0.1, 0.15) is 11.2 Å². The third kappa shape index (κ3) is 3.96. The lowest BCUT2D eigenvalue weighted by Crippen LogP contribution is -1.87. The molecule has 7 aromatic carbocycles. The molecule has 9 rings (SSSR count). The molecule has 44 heavy (non-hydrogen) atoms. The van der Waals surface area contributed by atoms with Gasteiger partial charge in [-0.1, -0.05) is 115 Å². The molecule has 2 heteroatoms. The summed E-state index contributed by atoms with van der Waals surface area (Å²) in [5.41, 5.74) is 13.7. The standard InChI is InChI=1S/C42H27NO.H2/c1-2-11-27(12-3-1)32-25-36(42-37(26-32)34-17-4-6-20-38(34)43-42)31-16-9-14-29(24-31)28-13-8-15-30(23-28)33-19-10-22-40-41(33)35-18-5-7-21-39(35)44-40;/h1-26,43H;1H. The first-order valence-electron chi connectivity index (χ1n) is 15.0. The van der Waals surface area contributed by atoms with Crippen molar-refractivity contribution in [2.75, 3.05) is 0 Å². The number of rotatable bonds is 4. The third-order valence-corrected chi connectivity index (χ3v) is 8.81. The Bertz CT molecular complexity index is 2500. The zero-order chi connectivity index (χ0) is 29.0. The Morgan fingerprint density at radius 2 is 1.00 bits per heavy atom. The van der Waals surface area contributed by atoms with Gasteiger partial charge in [0.05, 0.1) is 5.52 Å². The van der Waals surface area contributed by atoms with Crippen molar-refractivity contribution in [2.45, 2.75) is 0 Å². The van der Waals surface area contributed by atoms with Crippen molar-refractivity contribution in [3.05, 3.63) is 158 Å². The first kappa shape index (κ1) is 24.7. The smallest absolute Gasteiger partial charge is 0.136 e. The molecule has 2 aromatic heterocycles. The topological polar surface area (TPSA) is 28.9 Å². The minimum atomic E-state index is 0. The summed E-state index contributed by atoms with van der Waals surface area (Å²) in [6.07, 6.45) is 0. The number of para-hydroxylation sites is 2. The number of hydrogen-bond donors (Lipinski definition) is 1. The monoisotopic (exact) mass is 563 g/mol. The molecule has 0 aliphatic rings. The van der Waals surface area contributed by atoms with E-state index < -0.39 is 0 Å². The fourth-order valence-electron chi connectivity index (χ4n) is 6.72. The van der Waals surface area contributed by atoms with Crippen molar-refractivity contribution in [1.82, 2.24) is 4.98 Å². The molecule has 1 N–H and O–H groups in total. The maximum absolute atomic E-state index is 6.19. The normalized spacial score (nSPS) is 11.6. The van der Waals surface area contributed by atoms with Crippen LogP contribution in [0.3, 0.4) is 0 Å². The first-order chi connectivity index (χ1) is 21.8. The highest BCUT2D eigenvalue weighted by atomic mass is 16.3. The molecule has 208 valence electrons. The highest BCUT2D eigenvalue weighted by molar-refractivity contribution is 6.14. The predicted octanol–water partition coefficient (Wildman–Crippen LogP) is 12.1. The third-order valence-electron chi connectivity index (χ3n) is 8.81. The zero-order valence-corrected chi connectivity index (χ0v) is 23.9. The summed E-state index contributed by atoms with van der Waals surface area (Å²) in [4.78, 5) is 3.73. The molecule has 0 aliphatic heterocycles. The van der Waals surface area contributed by atoms with Gasteiger partial charge in [0.2, 0.25) is 0 Å². The van der Waals surface area contributed by atoms with E-state index in [0.29, 0.717) is 0 Å². The number of hydrogen-bond acceptors (Lipinski definition) is 1. The number of benzene rings is 7. The van der Waals surface area contributed by atoms with Gasteiger partial charge < -0.3 is 9.40 Å². The van der Waals surface area contributed by atoms with E-state index in [1.807, 2.05) is 12.1 Å². The summed E-state index contributed by atoms with van der Waals surface area (Å²) in [5, 5.41) is 4.79. The number of nitrogens with one attached hydrogen (secondary N) is 1. The Kier molecular flexibility index (Phi) is 5.54. The molecule has 0 radical (unpaired) electrons. The highest BCUT2D eigenvalue weighted by Gasteiger charge is 2.15. The molecule has 0 spiro atoms. The quantitative estimate of drug-likeness (QED) is 0.227. The molecule has 0 aliphatic carbocycles. The molecular weight excluding hydrogens is 534 g/mol. The van der Waals surface area contributed by atoms with Gasteiger partial charge in [-0.15, -0.1) is 0 Å². The zero-order valence-electron chi connectivity index (χ0n) is 23.9. The molecule has 0 amide bonds. The summed E-state index contributed by atoms with van der Waals surface area (Å²) < 4.78 is 6.19. The Balaban J connectivity index is 0.00000300. The summed E-state index contributed by atoms with van der Waals surface area (Å²) in [6, 6.07) is 56.3. The van der Waals surface area contributed by atoms with Crippen LogP contribution in [0.4, 0.5) is 0 Å². The van der Waals surface area contributed by atoms with Crippen LogP contribution in [0.1, 0.15) is 1.43 Å². The van der Waals surface area contributed by atoms with Crippen LogP contribution in [-0.4, -0.2) is 4.98 Å². The van der Waals surface area contributed by atoms with E-state index in [4.69, 9.17) is 4.42 Å². The van der Waals surface area contributed by atoms with E-state index in [0.717, 1.165) is 33.0 Å². The summed E-state index contributed by atoms with van der Waals surface area (Å²) in [7, 11) is 0. The molecule has 0 fully saturated rings. The fraction of sp³-hybridized carbons (Fsp3) is 0. The van der Waals surface area contributed by atoms with E-state index in [1.54, 1.807) is 0 Å². The lowest BCUT2D eigenvalue weighted by molar-refractivity contribution is 0.669. The van der Waals surface area contributed by atoms with Crippen molar-refractivity contribution in [3.63, 3.8) is 0 Å². The van der Waals surface area contributed by atoms with Crippen molar-refractivity contribution in [2.24, 2.45) is 0 Å². The van der Waals surface area contributed by atoms with Gasteiger partial charge in [-0.05, 0) is 81.4 Å². The van der Waals surface area contributed by atoms with Crippen molar-refractivity contribution < 1.29 is 5.84 Å². The fourth-order valence-corrected chi connectivity index (χ4v) is 6.72. The number of fused-ring (bicyclic) bond motifs is 6. The van der Waals surface area contributed by atoms with E-state index in [1.165, 1.54) is 55.3 Å². The molecule has 0 bridgehead atoms. The van der Waals surface area contributed by atoms with Gasteiger partial charge >= 0.3 is 0 Å². The molecule has 2 nitrogen and oxygen atoms in total. The lowest BCUT2D eigenvalue weighted by atomic mass is 9.92. The van der Waals surface area contributed by atoms with Crippen LogP contribution in [0.15, 0.2) is 162 Å². The summed E-state index contributed by atoms with van der Waals surface area (Å²) in [5.74, 6) is 0. The summed E-state index contributed by atoms with van der Waals surface area (Å²) >= 11 is 0. The molecule has 0 atom stereocenters. The van der Waals surface area contributed by atoms with Gasteiger partial charge in [0.25, 0.3) is 0 Å². The second kappa shape index (κ2) is 9.86. The molecular formula is C42H29NO. The number of H-pyrrole nitrogens is 1. The van der Waals surface area contributed by atoms with Gasteiger partial charge in [0, 0.05) is 34.1 Å². The van der Waals surface area contributed by atoms with Crippen LogP contribution in [-0.2, 0) is 0 Å². The van der Waals surface area contributed by atoms with Crippen LogP contribution in [0, 0.1) is 0 Å². The van der Waals surface area contributed by atoms with Crippen LogP contribution in [0.25, 0.3) is 88.3 Å².